The molecule has 0 radical (unpaired) electrons. The van der Waals surface area contributed by atoms with E-state index in [-0.39, 0.29) is 11.9 Å². The summed E-state index contributed by atoms with van der Waals surface area (Å²) >= 11 is 1.26. The highest BCUT2D eigenvalue weighted by Gasteiger charge is 2.29. The largest absolute Gasteiger partial charge is 0.497 e. The Balaban J connectivity index is 1.75. The van der Waals surface area contributed by atoms with Crippen molar-refractivity contribution in [3.05, 3.63) is 35.9 Å². The molecule has 4 amide bonds. The molecule has 10 heteroatoms. The molecule has 9 nitrogen and oxygen atoms in total. The zero-order chi connectivity index (χ0) is 24.2. The van der Waals surface area contributed by atoms with Crippen LogP contribution < -0.4 is 21.1 Å². The maximum absolute atomic E-state index is 13.1. The van der Waals surface area contributed by atoms with Crippen LogP contribution in [0, 0.1) is 0 Å². The average Bonchev–Trinajstić information content (AvgIpc) is 3.16. The second-order valence-corrected chi connectivity index (χ2v) is 9.86. The minimum atomic E-state index is -0.749. The van der Waals surface area contributed by atoms with Crippen molar-refractivity contribution in [1.82, 2.24) is 10.2 Å². The molecule has 33 heavy (non-hydrogen) atoms. The summed E-state index contributed by atoms with van der Waals surface area (Å²) < 4.78 is 10.6. The number of primary amides is 1. The van der Waals surface area contributed by atoms with E-state index in [4.69, 9.17) is 15.2 Å². The van der Waals surface area contributed by atoms with E-state index in [2.05, 4.69) is 10.6 Å². The van der Waals surface area contributed by atoms with E-state index in [1.165, 1.54) is 11.3 Å². The minimum absolute atomic E-state index is 0.232. The van der Waals surface area contributed by atoms with Gasteiger partial charge in [-0.1, -0.05) is 0 Å². The average molecular weight is 475 g/mol. The van der Waals surface area contributed by atoms with Crippen LogP contribution in [0.25, 0.3) is 10.4 Å². The SMILES string of the molecule is COc1ccc(-c2cc(C(=O)N[C@@H]3CCCN(C(=O)OC(C)(C)C)C3)c(NC(N)=O)s2)cc1. The van der Waals surface area contributed by atoms with E-state index in [1.807, 2.05) is 45.0 Å². The van der Waals surface area contributed by atoms with Crippen molar-refractivity contribution in [2.45, 2.75) is 45.3 Å². The van der Waals surface area contributed by atoms with Gasteiger partial charge in [-0.3, -0.25) is 10.1 Å². The number of anilines is 1. The van der Waals surface area contributed by atoms with E-state index in [0.29, 0.717) is 23.7 Å². The molecule has 3 rings (SSSR count). The van der Waals surface area contributed by atoms with Crippen molar-refractivity contribution < 1.29 is 23.9 Å². The molecule has 0 unspecified atom stereocenters. The number of nitrogens with two attached hydrogens (primary N) is 1. The lowest BCUT2D eigenvalue weighted by molar-refractivity contribution is 0.0185. The molecule has 1 fully saturated rings. The van der Waals surface area contributed by atoms with Gasteiger partial charge in [0.2, 0.25) is 0 Å². The zero-order valence-corrected chi connectivity index (χ0v) is 20.1. The number of methoxy groups -OCH3 is 1. The molecule has 2 heterocycles. The van der Waals surface area contributed by atoms with E-state index in [9.17, 15) is 14.4 Å². The summed E-state index contributed by atoms with van der Waals surface area (Å²) in [5.41, 5.74) is 5.92. The summed E-state index contributed by atoms with van der Waals surface area (Å²) in [6.07, 6.45) is 1.09. The minimum Gasteiger partial charge on any atom is -0.497 e. The van der Waals surface area contributed by atoms with Gasteiger partial charge in [-0.15, -0.1) is 11.3 Å². The highest BCUT2D eigenvalue weighted by atomic mass is 32.1. The summed E-state index contributed by atoms with van der Waals surface area (Å²) in [5.74, 6) is 0.376. The molecule has 4 N–H and O–H groups in total. The summed E-state index contributed by atoms with van der Waals surface area (Å²) in [6, 6.07) is 8.14. The van der Waals surface area contributed by atoms with Gasteiger partial charge in [0, 0.05) is 24.0 Å². The van der Waals surface area contributed by atoms with Gasteiger partial charge >= 0.3 is 12.1 Å². The van der Waals surface area contributed by atoms with Crippen molar-refractivity contribution in [2.75, 3.05) is 25.5 Å². The third-order valence-corrected chi connectivity index (χ3v) is 6.10. The highest BCUT2D eigenvalue weighted by Crippen LogP contribution is 2.36. The molecule has 2 aromatic rings. The number of likely N-dealkylation sites (tertiary alicyclic amines) is 1. The number of rotatable bonds is 5. The molecule has 1 aromatic heterocycles. The number of thiophene rings is 1. The monoisotopic (exact) mass is 474 g/mol. The van der Waals surface area contributed by atoms with Crippen LogP contribution in [0.4, 0.5) is 14.6 Å². The molecule has 1 atom stereocenters. The smallest absolute Gasteiger partial charge is 0.410 e. The van der Waals surface area contributed by atoms with Crippen molar-refractivity contribution in [1.29, 1.82) is 0 Å². The van der Waals surface area contributed by atoms with E-state index < -0.39 is 17.7 Å². The maximum Gasteiger partial charge on any atom is 0.410 e. The lowest BCUT2D eigenvalue weighted by Gasteiger charge is -2.34. The fourth-order valence-corrected chi connectivity index (χ4v) is 4.58. The summed E-state index contributed by atoms with van der Waals surface area (Å²) in [5, 5.41) is 5.90. The topological polar surface area (TPSA) is 123 Å². The van der Waals surface area contributed by atoms with Gasteiger partial charge in [-0.05, 0) is 69.5 Å². The molecule has 1 saturated heterocycles. The number of hydrogen-bond donors (Lipinski definition) is 3. The third kappa shape index (κ3) is 6.61. The second-order valence-electron chi connectivity index (χ2n) is 8.81. The summed E-state index contributed by atoms with van der Waals surface area (Å²) in [4.78, 5) is 39.4. The number of carbonyl (C=O) groups excluding carboxylic acids is 3. The Kier molecular flexibility index (Phi) is 7.47. The Bertz CT molecular complexity index is 1010. The number of carbonyl (C=O) groups is 3. The second kappa shape index (κ2) is 10.1. The summed E-state index contributed by atoms with van der Waals surface area (Å²) in [6.45, 7) is 6.39. The first-order valence-electron chi connectivity index (χ1n) is 10.7. The molecular formula is C23H30N4O5S. The first-order chi connectivity index (χ1) is 15.6. The van der Waals surface area contributed by atoms with E-state index >= 15 is 0 Å². The number of nitrogens with one attached hydrogen (secondary N) is 2. The number of ether oxygens (including phenoxy) is 2. The van der Waals surface area contributed by atoms with Gasteiger partial charge in [-0.2, -0.15) is 0 Å². The van der Waals surface area contributed by atoms with Crippen LogP contribution >= 0.6 is 11.3 Å². The number of nitrogens with zero attached hydrogens (tertiary/aromatic N) is 1. The van der Waals surface area contributed by atoms with Crippen LogP contribution in [0.1, 0.15) is 44.0 Å². The molecule has 0 spiro atoms. The highest BCUT2D eigenvalue weighted by molar-refractivity contribution is 7.20. The van der Waals surface area contributed by atoms with Crippen molar-refractivity contribution in [3.8, 4) is 16.2 Å². The van der Waals surface area contributed by atoms with Crippen LogP contribution in [-0.4, -0.2) is 54.8 Å². The molecule has 1 aliphatic rings. The van der Waals surface area contributed by atoms with Crippen LogP contribution in [0.3, 0.4) is 0 Å². The van der Waals surface area contributed by atoms with Gasteiger partial charge in [0.15, 0.2) is 0 Å². The molecule has 0 aliphatic carbocycles. The van der Waals surface area contributed by atoms with Gasteiger partial charge in [0.1, 0.15) is 16.4 Å². The lowest BCUT2D eigenvalue weighted by atomic mass is 10.1. The number of benzene rings is 1. The van der Waals surface area contributed by atoms with Gasteiger partial charge in [0.05, 0.1) is 12.7 Å². The molecule has 178 valence electrons. The Hall–Kier alpha value is -3.27. The van der Waals surface area contributed by atoms with Crippen LogP contribution in [0.5, 0.6) is 5.75 Å². The number of hydrogen-bond acceptors (Lipinski definition) is 6. The third-order valence-electron chi connectivity index (χ3n) is 5.00. The quantitative estimate of drug-likeness (QED) is 0.603. The molecule has 0 bridgehead atoms. The van der Waals surface area contributed by atoms with E-state index in [0.717, 1.165) is 29.0 Å². The number of urea groups is 1. The first kappa shape index (κ1) is 24.4. The van der Waals surface area contributed by atoms with Crippen molar-refractivity contribution >= 4 is 34.4 Å². The normalized spacial score (nSPS) is 16.1. The maximum atomic E-state index is 13.1. The van der Waals surface area contributed by atoms with Gasteiger partial charge in [0.25, 0.3) is 5.91 Å². The molecule has 0 saturated carbocycles. The van der Waals surface area contributed by atoms with Crippen molar-refractivity contribution in [2.24, 2.45) is 5.73 Å². The Morgan fingerprint density at radius 2 is 1.88 bits per heavy atom. The number of amides is 4. The van der Waals surface area contributed by atoms with Gasteiger partial charge in [-0.25, -0.2) is 9.59 Å². The zero-order valence-electron chi connectivity index (χ0n) is 19.3. The molecular weight excluding hydrogens is 444 g/mol. The number of piperidine rings is 1. The molecule has 1 aliphatic heterocycles. The van der Waals surface area contributed by atoms with E-state index in [1.54, 1.807) is 18.1 Å². The Labute approximate surface area is 197 Å². The standard InChI is InChI=1S/C23H30N4O5S/c1-23(2,3)32-22(30)27-11-5-6-15(13-27)25-19(28)17-12-18(33-20(17)26-21(24)29)14-7-9-16(31-4)10-8-14/h7-10,12,15H,5-6,11,13H2,1-4H3,(H,25,28)(H3,24,26,29)/t15-/m1/s1. The Morgan fingerprint density at radius 3 is 2.48 bits per heavy atom. The fourth-order valence-electron chi connectivity index (χ4n) is 3.51. The van der Waals surface area contributed by atoms with Gasteiger partial charge < -0.3 is 25.4 Å². The fraction of sp³-hybridized carbons (Fsp3) is 0.435. The van der Waals surface area contributed by atoms with Crippen LogP contribution in [0.2, 0.25) is 0 Å². The first-order valence-corrected chi connectivity index (χ1v) is 11.5. The van der Waals surface area contributed by atoms with Crippen LogP contribution in [0.15, 0.2) is 30.3 Å². The van der Waals surface area contributed by atoms with Crippen molar-refractivity contribution in [3.63, 3.8) is 0 Å². The molecule has 1 aromatic carbocycles. The van der Waals surface area contributed by atoms with Crippen LogP contribution in [-0.2, 0) is 4.74 Å². The Morgan fingerprint density at radius 1 is 1.18 bits per heavy atom. The predicted molar refractivity (Wildman–Crippen MR) is 128 cm³/mol. The predicted octanol–water partition coefficient (Wildman–Crippen LogP) is 4.04. The summed E-state index contributed by atoms with van der Waals surface area (Å²) in [7, 11) is 1.59. The lowest BCUT2D eigenvalue weighted by Crippen LogP contribution is -2.50.